The molecule has 0 heterocycles. The summed E-state index contributed by atoms with van der Waals surface area (Å²) in [7, 11) is 0. The van der Waals surface area contributed by atoms with Crippen LogP contribution in [0, 0.1) is 6.92 Å². The van der Waals surface area contributed by atoms with Gasteiger partial charge >= 0.3 is 0 Å². The van der Waals surface area contributed by atoms with Crippen LogP contribution in [0.3, 0.4) is 0 Å². The molecule has 0 aromatic heterocycles. The molecule has 0 fully saturated rings. The van der Waals surface area contributed by atoms with E-state index in [2.05, 4.69) is 5.32 Å². The molecule has 2 rings (SSSR count). The second-order valence-corrected chi connectivity index (χ2v) is 5.98. The summed E-state index contributed by atoms with van der Waals surface area (Å²) >= 11 is 7.53. The number of benzene rings is 2. The van der Waals surface area contributed by atoms with Gasteiger partial charge in [-0.2, -0.15) is 0 Å². The van der Waals surface area contributed by atoms with Crippen molar-refractivity contribution in [3.05, 3.63) is 64.7 Å². The van der Waals surface area contributed by atoms with E-state index in [9.17, 15) is 4.79 Å². The SMILES string of the molecule is Cc1ccccc1C(=O)NCCSc1ccc(Cl)cc1. The van der Waals surface area contributed by atoms with Crippen molar-refractivity contribution in [3.63, 3.8) is 0 Å². The Labute approximate surface area is 128 Å². The average molecular weight is 306 g/mol. The van der Waals surface area contributed by atoms with Gasteiger partial charge in [-0.05, 0) is 42.8 Å². The van der Waals surface area contributed by atoms with E-state index in [1.165, 1.54) is 0 Å². The highest BCUT2D eigenvalue weighted by Crippen LogP contribution is 2.19. The van der Waals surface area contributed by atoms with E-state index in [4.69, 9.17) is 11.6 Å². The van der Waals surface area contributed by atoms with Gasteiger partial charge in [-0.25, -0.2) is 0 Å². The predicted octanol–water partition coefficient (Wildman–Crippen LogP) is 4.17. The number of aryl methyl sites for hydroxylation is 1. The number of halogens is 1. The highest BCUT2D eigenvalue weighted by atomic mass is 35.5. The lowest BCUT2D eigenvalue weighted by Gasteiger charge is -2.07. The van der Waals surface area contributed by atoms with E-state index in [0.717, 1.165) is 26.8 Å². The van der Waals surface area contributed by atoms with Crippen LogP contribution >= 0.6 is 23.4 Å². The maximum absolute atomic E-state index is 12.0. The molecule has 2 aromatic rings. The molecule has 0 spiro atoms. The second kappa shape index (κ2) is 7.36. The summed E-state index contributed by atoms with van der Waals surface area (Å²) < 4.78 is 0. The van der Waals surface area contributed by atoms with Gasteiger partial charge in [0.25, 0.3) is 5.91 Å². The van der Waals surface area contributed by atoms with E-state index < -0.39 is 0 Å². The Kier molecular flexibility index (Phi) is 5.50. The zero-order valence-electron chi connectivity index (χ0n) is 11.2. The Morgan fingerprint density at radius 3 is 2.55 bits per heavy atom. The summed E-state index contributed by atoms with van der Waals surface area (Å²) in [5.41, 5.74) is 1.74. The molecule has 0 saturated carbocycles. The quantitative estimate of drug-likeness (QED) is 0.663. The molecule has 1 amide bonds. The molecule has 2 nitrogen and oxygen atoms in total. The van der Waals surface area contributed by atoms with Crippen LogP contribution in [0.5, 0.6) is 0 Å². The zero-order chi connectivity index (χ0) is 14.4. The molecule has 4 heteroatoms. The fraction of sp³-hybridized carbons (Fsp3) is 0.188. The first-order chi connectivity index (χ1) is 9.66. The Hall–Kier alpha value is -1.45. The van der Waals surface area contributed by atoms with Gasteiger partial charge in [-0.3, -0.25) is 4.79 Å². The van der Waals surface area contributed by atoms with Gasteiger partial charge in [0.2, 0.25) is 0 Å². The number of hydrogen-bond acceptors (Lipinski definition) is 2. The maximum atomic E-state index is 12.0. The number of amides is 1. The smallest absolute Gasteiger partial charge is 0.251 e. The topological polar surface area (TPSA) is 29.1 Å². The van der Waals surface area contributed by atoms with Crippen LogP contribution in [-0.4, -0.2) is 18.2 Å². The van der Waals surface area contributed by atoms with Crippen LogP contribution in [0.4, 0.5) is 0 Å². The molecule has 0 atom stereocenters. The van der Waals surface area contributed by atoms with Crippen LogP contribution in [-0.2, 0) is 0 Å². The third-order valence-electron chi connectivity index (χ3n) is 2.86. The standard InChI is InChI=1S/C16H16ClNOS/c1-12-4-2-3-5-15(12)16(19)18-10-11-20-14-8-6-13(17)7-9-14/h2-9H,10-11H2,1H3,(H,18,19). The summed E-state index contributed by atoms with van der Waals surface area (Å²) in [4.78, 5) is 13.1. The number of carbonyl (C=O) groups excluding carboxylic acids is 1. The molecule has 0 bridgehead atoms. The van der Waals surface area contributed by atoms with Gasteiger partial charge < -0.3 is 5.32 Å². The lowest BCUT2D eigenvalue weighted by Crippen LogP contribution is -2.26. The predicted molar refractivity (Wildman–Crippen MR) is 85.7 cm³/mol. The van der Waals surface area contributed by atoms with Gasteiger partial charge in [0, 0.05) is 27.8 Å². The van der Waals surface area contributed by atoms with Crippen LogP contribution in [0.1, 0.15) is 15.9 Å². The maximum Gasteiger partial charge on any atom is 0.251 e. The molecule has 0 saturated heterocycles. The number of carbonyl (C=O) groups is 1. The van der Waals surface area contributed by atoms with Crippen LogP contribution in [0.15, 0.2) is 53.4 Å². The Morgan fingerprint density at radius 2 is 1.85 bits per heavy atom. The van der Waals surface area contributed by atoms with E-state index >= 15 is 0 Å². The van der Waals surface area contributed by atoms with E-state index in [0.29, 0.717) is 6.54 Å². The van der Waals surface area contributed by atoms with Crippen molar-refractivity contribution >= 4 is 29.3 Å². The number of nitrogens with one attached hydrogen (secondary N) is 1. The average Bonchev–Trinajstić information content (AvgIpc) is 2.46. The van der Waals surface area contributed by atoms with Gasteiger partial charge in [-0.15, -0.1) is 11.8 Å². The summed E-state index contributed by atoms with van der Waals surface area (Å²) in [5, 5.41) is 3.67. The number of hydrogen-bond donors (Lipinski definition) is 1. The monoisotopic (exact) mass is 305 g/mol. The molecule has 104 valence electrons. The summed E-state index contributed by atoms with van der Waals surface area (Å²) in [6, 6.07) is 15.3. The summed E-state index contributed by atoms with van der Waals surface area (Å²) in [6.45, 7) is 2.58. The highest BCUT2D eigenvalue weighted by Gasteiger charge is 2.06. The van der Waals surface area contributed by atoms with Crippen molar-refractivity contribution < 1.29 is 4.79 Å². The van der Waals surface area contributed by atoms with Crippen LogP contribution in [0.2, 0.25) is 5.02 Å². The van der Waals surface area contributed by atoms with Crippen LogP contribution in [0.25, 0.3) is 0 Å². The molecule has 0 aliphatic carbocycles. The third kappa shape index (κ3) is 4.29. The van der Waals surface area contributed by atoms with Crippen molar-refractivity contribution in [1.82, 2.24) is 5.32 Å². The molecule has 0 aliphatic heterocycles. The van der Waals surface area contributed by atoms with Gasteiger partial charge in [-0.1, -0.05) is 29.8 Å². The van der Waals surface area contributed by atoms with Gasteiger partial charge in [0.15, 0.2) is 0 Å². The van der Waals surface area contributed by atoms with Gasteiger partial charge in [0.05, 0.1) is 0 Å². The minimum absolute atomic E-state index is 0.0141. The molecule has 0 aliphatic rings. The minimum atomic E-state index is -0.0141. The molecule has 20 heavy (non-hydrogen) atoms. The first-order valence-electron chi connectivity index (χ1n) is 6.39. The van der Waals surface area contributed by atoms with Crippen molar-refractivity contribution in [2.75, 3.05) is 12.3 Å². The molecule has 1 N–H and O–H groups in total. The number of thioether (sulfide) groups is 1. The zero-order valence-corrected chi connectivity index (χ0v) is 12.8. The van der Waals surface area contributed by atoms with E-state index in [-0.39, 0.29) is 5.91 Å². The molecule has 0 unspecified atom stereocenters. The first-order valence-corrected chi connectivity index (χ1v) is 7.75. The fourth-order valence-electron chi connectivity index (χ4n) is 1.79. The van der Waals surface area contributed by atoms with Crippen molar-refractivity contribution in [2.24, 2.45) is 0 Å². The minimum Gasteiger partial charge on any atom is -0.351 e. The lowest BCUT2D eigenvalue weighted by atomic mass is 10.1. The van der Waals surface area contributed by atoms with Crippen molar-refractivity contribution in [1.29, 1.82) is 0 Å². The summed E-state index contributed by atoms with van der Waals surface area (Å²) in [5.74, 6) is 0.819. The van der Waals surface area contributed by atoms with Crippen molar-refractivity contribution in [3.8, 4) is 0 Å². The molecule has 0 radical (unpaired) electrons. The van der Waals surface area contributed by atoms with E-state index in [1.54, 1.807) is 11.8 Å². The molecular weight excluding hydrogens is 290 g/mol. The summed E-state index contributed by atoms with van der Waals surface area (Å²) in [6.07, 6.45) is 0. The Balaban J connectivity index is 1.77. The second-order valence-electron chi connectivity index (χ2n) is 4.37. The molecular formula is C16H16ClNOS. The van der Waals surface area contributed by atoms with Gasteiger partial charge in [0.1, 0.15) is 0 Å². The van der Waals surface area contributed by atoms with E-state index in [1.807, 2.05) is 55.5 Å². The number of rotatable bonds is 5. The highest BCUT2D eigenvalue weighted by molar-refractivity contribution is 7.99. The lowest BCUT2D eigenvalue weighted by molar-refractivity contribution is 0.0955. The Bertz CT molecular complexity index is 583. The molecule has 2 aromatic carbocycles. The first kappa shape index (κ1) is 14.9. The largest absolute Gasteiger partial charge is 0.351 e. The fourth-order valence-corrected chi connectivity index (χ4v) is 2.68. The Morgan fingerprint density at radius 1 is 1.15 bits per heavy atom. The van der Waals surface area contributed by atoms with Crippen LogP contribution < -0.4 is 5.32 Å². The normalized spacial score (nSPS) is 10.3. The van der Waals surface area contributed by atoms with Crippen molar-refractivity contribution in [2.45, 2.75) is 11.8 Å². The third-order valence-corrected chi connectivity index (χ3v) is 4.13.